The Morgan fingerprint density at radius 2 is 2.16 bits per heavy atom. The van der Waals surface area contributed by atoms with Crippen LogP contribution >= 0.6 is 11.6 Å². The van der Waals surface area contributed by atoms with Crippen molar-refractivity contribution < 1.29 is 18.8 Å². The molecule has 1 fully saturated rings. The van der Waals surface area contributed by atoms with Crippen LogP contribution < -0.4 is 15.0 Å². The average molecular weight is 364 g/mol. The second-order valence-corrected chi connectivity index (χ2v) is 6.84. The Kier molecular flexibility index (Phi) is 6.00. The van der Waals surface area contributed by atoms with Crippen molar-refractivity contribution in [3.05, 3.63) is 52.9 Å². The molecule has 0 spiro atoms. The van der Waals surface area contributed by atoms with Crippen LogP contribution in [0.4, 0.5) is 0 Å². The maximum atomic E-state index is 12.2. The lowest BCUT2D eigenvalue weighted by Crippen LogP contribution is -3.11. The molecule has 0 saturated carbocycles. The van der Waals surface area contributed by atoms with E-state index in [9.17, 15) is 4.79 Å². The highest BCUT2D eigenvalue weighted by Gasteiger charge is 2.29. The quantitative estimate of drug-likeness (QED) is 0.792. The number of quaternary nitrogens is 1. The molecule has 1 atom stereocenters. The lowest BCUT2D eigenvalue weighted by molar-refractivity contribution is -0.919. The minimum absolute atomic E-state index is 0.0126. The second kappa shape index (κ2) is 8.41. The summed E-state index contributed by atoms with van der Waals surface area (Å²) in [6, 6.07) is 9.39. The summed E-state index contributed by atoms with van der Waals surface area (Å²) in [5, 5.41) is 3.66. The van der Waals surface area contributed by atoms with Crippen molar-refractivity contribution in [1.29, 1.82) is 0 Å². The number of nitrogens with one attached hydrogen (secondary N) is 2. The van der Waals surface area contributed by atoms with Crippen LogP contribution in [-0.4, -0.2) is 32.1 Å². The predicted molar refractivity (Wildman–Crippen MR) is 96.1 cm³/mol. The maximum Gasteiger partial charge on any atom is 0.258 e. The van der Waals surface area contributed by atoms with Crippen LogP contribution in [0.15, 0.2) is 41.0 Å². The first-order valence-electron chi connectivity index (χ1n) is 8.67. The zero-order valence-corrected chi connectivity index (χ0v) is 15.1. The highest BCUT2D eigenvalue weighted by atomic mass is 35.5. The second-order valence-electron chi connectivity index (χ2n) is 6.44. The Balaban J connectivity index is 1.51. The van der Waals surface area contributed by atoms with Crippen molar-refractivity contribution in [3.63, 3.8) is 0 Å². The van der Waals surface area contributed by atoms with Gasteiger partial charge in [0, 0.05) is 17.9 Å². The number of hydrogen-bond acceptors (Lipinski definition) is 3. The number of rotatable bonds is 7. The van der Waals surface area contributed by atoms with Gasteiger partial charge in [0.05, 0.1) is 25.9 Å². The van der Waals surface area contributed by atoms with Crippen LogP contribution in [0.25, 0.3) is 0 Å². The fourth-order valence-electron chi connectivity index (χ4n) is 3.24. The van der Waals surface area contributed by atoms with Crippen molar-refractivity contribution in [2.24, 2.45) is 0 Å². The van der Waals surface area contributed by atoms with E-state index in [0.717, 1.165) is 24.4 Å². The summed E-state index contributed by atoms with van der Waals surface area (Å²) in [7, 11) is 0. The molecule has 1 saturated heterocycles. The SMILES string of the molecule is Cc1cc(OCC(=O)NC[C@@H](c2ccco2)[NH+]2CCCC2)ccc1Cl. The Hall–Kier alpha value is -1.98. The van der Waals surface area contributed by atoms with Crippen molar-refractivity contribution in [2.75, 3.05) is 26.2 Å². The van der Waals surface area contributed by atoms with E-state index < -0.39 is 0 Å². The molecular weight excluding hydrogens is 340 g/mol. The number of hydrogen-bond donors (Lipinski definition) is 2. The molecule has 2 aromatic rings. The van der Waals surface area contributed by atoms with Crippen LogP contribution in [0.5, 0.6) is 5.75 Å². The molecule has 6 heteroatoms. The number of halogens is 1. The van der Waals surface area contributed by atoms with Gasteiger partial charge >= 0.3 is 0 Å². The van der Waals surface area contributed by atoms with Gasteiger partial charge in [0.25, 0.3) is 5.91 Å². The Bertz CT molecular complexity index is 697. The van der Waals surface area contributed by atoms with Crippen molar-refractivity contribution in [2.45, 2.75) is 25.8 Å². The van der Waals surface area contributed by atoms with Crippen LogP contribution in [0.1, 0.15) is 30.2 Å². The molecular formula is C19H24ClN2O3+. The molecule has 1 aromatic carbocycles. The minimum Gasteiger partial charge on any atom is -0.484 e. The van der Waals surface area contributed by atoms with E-state index in [-0.39, 0.29) is 18.6 Å². The monoisotopic (exact) mass is 363 g/mol. The average Bonchev–Trinajstić information content (AvgIpc) is 3.30. The number of carbonyl (C=O) groups excluding carboxylic acids is 1. The van der Waals surface area contributed by atoms with E-state index in [1.165, 1.54) is 17.7 Å². The molecule has 2 heterocycles. The Morgan fingerprint density at radius 3 is 2.84 bits per heavy atom. The third-order valence-electron chi connectivity index (χ3n) is 4.63. The molecule has 0 bridgehead atoms. The molecule has 1 aromatic heterocycles. The van der Waals surface area contributed by atoms with E-state index in [1.807, 2.05) is 25.1 Å². The maximum absolute atomic E-state index is 12.2. The predicted octanol–water partition coefficient (Wildman–Crippen LogP) is 2.16. The minimum atomic E-state index is -0.136. The molecule has 3 rings (SSSR count). The first-order valence-corrected chi connectivity index (χ1v) is 9.05. The molecule has 1 aliphatic rings. The van der Waals surface area contributed by atoms with Gasteiger partial charge in [-0.1, -0.05) is 11.6 Å². The molecule has 25 heavy (non-hydrogen) atoms. The summed E-state index contributed by atoms with van der Waals surface area (Å²) < 4.78 is 11.1. The molecule has 0 unspecified atom stereocenters. The molecule has 0 radical (unpaired) electrons. The van der Waals surface area contributed by atoms with E-state index in [0.29, 0.717) is 17.3 Å². The van der Waals surface area contributed by atoms with E-state index >= 15 is 0 Å². The van der Waals surface area contributed by atoms with Gasteiger partial charge < -0.3 is 19.4 Å². The van der Waals surface area contributed by atoms with Crippen molar-refractivity contribution in [1.82, 2.24) is 5.32 Å². The topological polar surface area (TPSA) is 55.9 Å². The van der Waals surface area contributed by atoms with E-state index in [1.54, 1.807) is 18.4 Å². The number of furan rings is 1. The summed E-state index contributed by atoms with van der Waals surface area (Å²) in [6.45, 7) is 4.66. The molecule has 2 N–H and O–H groups in total. The standard InChI is InChI=1S/C19H23ClN2O3/c1-14-11-15(6-7-16(14)20)25-13-19(23)21-12-17(18-5-4-10-24-18)22-8-2-3-9-22/h4-7,10-11,17H,2-3,8-9,12-13H2,1H3,(H,21,23)/p+1/t17-/m0/s1. The van der Waals surface area contributed by atoms with Crippen LogP contribution in [0.2, 0.25) is 5.02 Å². The Morgan fingerprint density at radius 1 is 1.36 bits per heavy atom. The first-order chi connectivity index (χ1) is 12.1. The summed E-state index contributed by atoms with van der Waals surface area (Å²) >= 11 is 5.99. The number of benzene rings is 1. The number of carbonyl (C=O) groups is 1. The van der Waals surface area contributed by atoms with Gasteiger partial charge in [-0.3, -0.25) is 4.79 Å². The third-order valence-corrected chi connectivity index (χ3v) is 5.05. The fourth-order valence-corrected chi connectivity index (χ4v) is 3.35. The molecule has 1 amide bonds. The van der Waals surface area contributed by atoms with Crippen molar-refractivity contribution in [3.8, 4) is 5.75 Å². The highest BCUT2D eigenvalue weighted by Crippen LogP contribution is 2.20. The smallest absolute Gasteiger partial charge is 0.258 e. The highest BCUT2D eigenvalue weighted by molar-refractivity contribution is 6.31. The zero-order chi connectivity index (χ0) is 17.6. The van der Waals surface area contributed by atoms with Gasteiger partial charge in [-0.25, -0.2) is 0 Å². The van der Waals surface area contributed by atoms with Crippen molar-refractivity contribution >= 4 is 17.5 Å². The first kappa shape index (κ1) is 17.8. The van der Waals surface area contributed by atoms with Gasteiger partial charge in [-0.15, -0.1) is 0 Å². The molecule has 0 aliphatic carbocycles. The lowest BCUT2D eigenvalue weighted by atomic mass is 10.2. The molecule has 134 valence electrons. The summed E-state index contributed by atoms with van der Waals surface area (Å²) in [5.41, 5.74) is 0.926. The molecule has 5 nitrogen and oxygen atoms in total. The van der Waals surface area contributed by atoms with Gasteiger partial charge in [0.1, 0.15) is 5.75 Å². The zero-order valence-electron chi connectivity index (χ0n) is 14.4. The molecule has 1 aliphatic heterocycles. The van der Waals surface area contributed by atoms with E-state index in [4.69, 9.17) is 20.8 Å². The normalized spacial score (nSPS) is 15.9. The van der Waals surface area contributed by atoms with Gasteiger partial charge in [0.15, 0.2) is 18.4 Å². The Labute approximate surface area is 152 Å². The summed E-state index contributed by atoms with van der Waals surface area (Å²) in [4.78, 5) is 13.6. The number of amides is 1. The lowest BCUT2D eigenvalue weighted by Gasteiger charge is -2.23. The van der Waals surface area contributed by atoms with Crippen LogP contribution in [0.3, 0.4) is 0 Å². The largest absolute Gasteiger partial charge is 0.484 e. The van der Waals surface area contributed by atoms with Gasteiger partial charge in [0.2, 0.25) is 0 Å². The van der Waals surface area contributed by atoms with Crippen LogP contribution in [-0.2, 0) is 4.79 Å². The van der Waals surface area contributed by atoms with Crippen LogP contribution in [0, 0.1) is 6.92 Å². The van der Waals surface area contributed by atoms with Gasteiger partial charge in [-0.2, -0.15) is 0 Å². The number of ether oxygens (including phenoxy) is 1. The number of aryl methyl sites for hydroxylation is 1. The summed E-state index contributed by atoms with van der Waals surface area (Å²) in [5.74, 6) is 1.43. The van der Waals surface area contributed by atoms with E-state index in [2.05, 4.69) is 5.32 Å². The van der Waals surface area contributed by atoms with Gasteiger partial charge in [-0.05, 0) is 42.8 Å². The fraction of sp³-hybridized carbons (Fsp3) is 0.421. The third kappa shape index (κ3) is 4.77. The number of likely N-dealkylation sites (tertiary alicyclic amines) is 1. The summed E-state index contributed by atoms with van der Waals surface area (Å²) in [6.07, 6.45) is 4.13.